The molecule has 0 heterocycles. The molecule has 0 unspecified atom stereocenters. The Morgan fingerprint density at radius 2 is 1.76 bits per heavy atom. The van der Waals surface area contributed by atoms with Crippen molar-refractivity contribution in [2.24, 2.45) is 5.14 Å². The van der Waals surface area contributed by atoms with Crippen LogP contribution in [0.25, 0.3) is 0 Å². The van der Waals surface area contributed by atoms with Gasteiger partial charge in [-0.3, -0.25) is 4.79 Å². The van der Waals surface area contributed by atoms with Gasteiger partial charge in [-0.25, -0.2) is 22.7 Å². The molecule has 2 N–H and O–H groups in total. The molecule has 0 aromatic heterocycles. The fourth-order valence-corrected chi connectivity index (χ4v) is 2.49. The number of carbonyl (C=O) groups excluding carboxylic acids is 2. The molecule has 132 valence electrons. The van der Waals surface area contributed by atoms with Crippen molar-refractivity contribution >= 4 is 21.8 Å². The van der Waals surface area contributed by atoms with E-state index >= 15 is 0 Å². The van der Waals surface area contributed by atoms with Gasteiger partial charge < -0.3 is 9.47 Å². The summed E-state index contributed by atoms with van der Waals surface area (Å²) in [6, 6.07) is 8.10. The molecule has 0 spiro atoms. The second-order valence-corrected chi connectivity index (χ2v) is 6.47. The van der Waals surface area contributed by atoms with Crippen LogP contribution in [-0.4, -0.2) is 33.9 Å². The average Bonchev–Trinajstić information content (AvgIpc) is 2.58. The molecule has 9 heteroatoms. The summed E-state index contributed by atoms with van der Waals surface area (Å²) in [5.41, 5.74) is -0.0220. The predicted octanol–water partition coefficient (Wildman–Crippen LogP) is 1.52. The minimum absolute atomic E-state index is 0.0337. The molecule has 0 atom stereocenters. The highest BCUT2D eigenvalue weighted by atomic mass is 32.2. The van der Waals surface area contributed by atoms with Gasteiger partial charge in [-0.2, -0.15) is 0 Å². The van der Waals surface area contributed by atoms with E-state index in [0.29, 0.717) is 0 Å². The Hall–Kier alpha value is -2.78. The zero-order valence-electron chi connectivity index (χ0n) is 13.1. The van der Waals surface area contributed by atoms with Crippen LogP contribution in [0.1, 0.15) is 20.7 Å². The van der Waals surface area contributed by atoms with Crippen molar-refractivity contribution in [3.63, 3.8) is 0 Å². The van der Waals surface area contributed by atoms with Crippen LogP contribution in [0.5, 0.6) is 5.75 Å². The van der Waals surface area contributed by atoms with E-state index in [0.717, 1.165) is 24.3 Å². The largest absolute Gasteiger partial charge is 0.496 e. The summed E-state index contributed by atoms with van der Waals surface area (Å²) in [5, 5.41) is 4.95. The van der Waals surface area contributed by atoms with Crippen molar-refractivity contribution in [1.29, 1.82) is 0 Å². The third-order valence-electron chi connectivity index (χ3n) is 3.21. The lowest BCUT2D eigenvalue weighted by molar-refractivity contribution is 0.0474. The van der Waals surface area contributed by atoms with Gasteiger partial charge in [0.2, 0.25) is 15.8 Å². The summed E-state index contributed by atoms with van der Waals surface area (Å²) in [7, 11) is -2.55. The molecule has 2 aromatic carbocycles. The average molecular weight is 367 g/mol. The topological polar surface area (TPSA) is 113 Å². The van der Waals surface area contributed by atoms with Gasteiger partial charge >= 0.3 is 5.97 Å². The molecule has 2 rings (SSSR count). The van der Waals surface area contributed by atoms with Crippen LogP contribution in [-0.2, 0) is 14.8 Å². The molecule has 0 aliphatic rings. The highest BCUT2D eigenvalue weighted by Gasteiger charge is 2.17. The van der Waals surface area contributed by atoms with Crippen LogP contribution in [0.4, 0.5) is 4.39 Å². The van der Waals surface area contributed by atoms with E-state index in [-0.39, 0.29) is 21.8 Å². The predicted molar refractivity (Wildman–Crippen MR) is 85.4 cm³/mol. The highest BCUT2D eigenvalue weighted by molar-refractivity contribution is 7.89. The Bertz CT molecular complexity index is 909. The number of hydrogen-bond donors (Lipinski definition) is 1. The number of ether oxygens (including phenoxy) is 2. The molecule has 0 amide bonds. The van der Waals surface area contributed by atoms with Gasteiger partial charge in [0.1, 0.15) is 11.6 Å². The van der Waals surface area contributed by atoms with Gasteiger partial charge in [0.15, 0.2) is 6.61 Å². The van der Waals surface area contributed by atoms with Gasteiger partial charge in [-0.15, -0.1) is 0 Å². The first-order valence-corrected chi connectivity index (χ1v) is 8.43. The summed E-state index contributed by atoms with van der Waals surface area (Å²) >= 11 is 0. The summed E-state index contributed by atoms with van der Waals surface area (Å²) in [6.07, 6.45) is 0. The van der Waals surface area contributed by atoms with Gasteiger partial charge in [0.05, 0.1) is 23.1 Å². The molecule has 0 radical (unpaired) electrons. The van der Waals surface area contributed by atoms with E-state index in [2.05, 4.69) is 0 Å². The smallest absolute Gasteiger partial charge is 0.338 e. The van der Waals surface area contributed by atoms with Crippen LogP contribution in [0, 0.1) is 5.82 Å². The number of benzene rings is 2. The van der Waals surface area contributed by atoms with Gasteiger partial charge in [-0.1, -0.05) is 0 Å². The van der Waals surface area contributed by atoms with Crippen molar-refractivity contribution < 1.29 is 31.9 Å². The maximum Gasteiger partial charge on any atom is 0.338 e. The third-order valence-corrected chi connectivity index (χ3v) is 4.14. The number of carbonyl (C=O) groups is 2. The molecular weight excluding hydrogens is 353 g/mol. The minimum Gasteiger partial charge on any atom is -0.496 e. The second kappa shape index (κ2) is 7.41. The highest BCUT2D eigenvalue weighted by Crippen LogP contribution is 2.20. The zero-order chi connectivity index (χ0) is 18.6. The lowest BCUT2D eigenvalue weighted by Crippen LogP contribution is -2.16. The first-order valence-electron chi connectivity index (χ1n) is 6.89. The quantitative estimate of drug-likeness (QED) is 0.612. The Morgan fingerprint density at radius 3 is 2.32 bits per heavy atom. The van der Waals surface area contributed by atoms with E-state index in [1.807, 2.05) is 0 Å². The van der Waals surface area contributed by atoms with E-state index in [1.165, 1.54) is 25.3 Å². The molecule has 0 aliphatic carbocycles. The fourth-order valence-electron chi connectivity index (χ4n) is 1.97. The number of halogens is 1. The second-order valence-electron chi connectivity index (χ2n) is 4.91. The molecule has 25 heavy (non-hydrogen) atoms. The molecular formula is C16H14FNO6S. The van der Waals surface area contributed by atoms with Crippen LogP contribution in [0.3, 0.4) is 0 Å². The van der Waals surface area contributed by atoms with E-state index in [9.17, 15) is 22.4 Å². The minimum atomic E-state index is -3.87. The summed E-state index contributed by atoms with van der Waals surface area (Å²) in [5.74, 6) is -1.97. The van der Waals surface area contributed by atoms with Gasteiger partial charge in [0.25, 0.3) is 0 Å². The van der Waals surface area contributed by atoms with Gasteiger partial charge in [-0.05, 0) is 42.5 Å². The first kappa shape index (κ1) is 18.6. The number of methoxy groups -OCH3 is 1. The van der Waals surface area contributed by atoms with Crippen molar-refractivity contribution in [2.45, 2.75) is 4.90 Å². The standard InChI is InChI=1S/C16H14FNO6S/c1-23-15-7-4-11(17)8-13(15)14(19)9-24-16(20)10-2-5-12(6-3-10)25(18,21)22/h2-8H,9H2,1H3,(H2,18,21,22). The SMILES string of the molecule is COc1ccc(F)cc1C(=O)COC(=O)c1ccc(S(N)(=O)=O)cc1. The Balaban J connectivity index is 2.07. The Labute approximate surface area is 143 Å². The molecule has 7 nitrogen and oxygen atoms in total. The van der Waals surface area contributed by atoms with E-state index in [1.54, 1.807) is 0 Å². The van der Waals surface area contributed by atoms with Crippen molar-refractivity contribution in [2.75, 3.05) is 13.7 Å². The lowest BCUT2D eigenvalue weighted by atomic mass is 10.1. The lowest BCUT2D eigenvalue weighted by Gasteiger charge is -2.08. The molecule has 0 saturated heterocycles. The number of hydrogen-bond acceptors (Lipinski definition) is 6. The number of Topliss-reactive ketones (excluding diaryl/α,β-unsaturated/α-hetero) is 1. The number of primary sulfonamides is 1. The third kappa shape index (κ3) is 4.61. The number of ketones is 1. The summed E-state index contributed by atoms with van der Waals surface area (Å²) < 4.78 is 45.4. The molecule has 2 aromatic rings. The van der Waals surface area contributed by atoms with E-state index in [4.69, 9.17) is 14.6 Å². The number of rotatable bonds is 6. The summed E-state index contributed by atoms with van der Waals surface area (Å²) in [6.45, 7) is -0.629. The maximum absolute atomic E-state index is 13.3. The monoisotopic (exact) mass is 367 g/mol. The molecule has 0 bridgehead atoms. The molecule has 0 fully saturated rings. The van der Waals surface area contributed by atoms with Crippen LogP contribution >= 0.6 is 0 Å². The van der Waals surface area contributed by atoms with Crippen LogP contribution in [0.2, 0.25) is 0 Å². The maximum atomic E-state index is 13.3. The molecule has 0 saturated carbocycles. The van der Waals surface area contributed by atoms with Crippen molar-refractivity contribution in [1.82, 2.24) is 0 Å². The molecule has 0 aliphatic heterocycles. The number of esters is 1. The Kier molecular flexibility index (Phi) is 5.50. The van der Waals surface area contributed by atoms with E-state index < -0.39 is 34.2 Å². The first-order chi connectivity index (χ1) is 11.7. The number of nitrogens with two attached hydrogens (primary N) is 1. The fraction of sp³-hybridized carbons (Fsp3) is 0.125. The van der Waals surface area contributed by atoms with Crippen molar-refractivity contribution in [3.05, 3.63) is 59.4 Å². The normalized spacial score (nSPS) is 11.0. The summed E-state index contributed by atoms with van der Waals surface area (Å²) in [4.78, 5) is 23.8. The van der Waals surface area contributed by atoms with Crippen molar-refractivity contribution in [3.8, 4) is 5.75 Å². The van der Waals surface area contributed by atoms with Crippen LogP contribution in [0.15, 0.2) is 47.4 Å². The number of sulfonamides is 1. The van der Waals surface area contributed by atoms with Gasteiger partial charge in [0, 0.05) is 0 Å². The zero-order valence-corrected chi connectivity index (χ0v) is 13.9. The van der Waals surface area contributed by atoms with Crippen LogP contribution < -0.4 is 9.88 Å². The Morgan fingerprint density at radius 1 is 1.12 bits per heavy atom.